The number of carbonyl (C=O) groups is 1. The molecule has 39 heavy (non-hydrogen) atoms. The summed E-state index contributed by atoms with van der Waals surface area (Å²) < 4.78 is 31.2. The van der Waals surface area contributed by atoms with Crippen LogP contribution in [0, 0.1) is 5.92 Å². The first kappa shape index (κ1) is 31.3. The minimum Gasteiger partial charge on any atom is -0.507 e. The van der Waals surface area contributed by atoms with Crippen LogP contribution in [0.1, 0.15) is 94.3 Å². The molecule has 2 aromatic rings. The maximum absolute atomic E-state index is 13.8. The summed E-state index contributed by atoms with van der Waals surface area (Å²) in [5.74, 6) is 1.13. The standard InChI is InChI=1S/C30H42BrN3O4S/c1-9-10-20-17-34(28(33-31)26(20)19-11-13-22(14-12-19)39(37,38)32-8)18-25(35)21-15-23(29(2,3)4)27(36)24(16-21)30(5,6)7/h11-16,20,26,32,36H,9-10,17-18H2,1-8H3/t20-,26+/m0/s1. The maximum atomic E-state index is 13.8. The van der Waals surface area contributed by atoms with E-state index in [0.717, 1.165) is 35.4 Å². The van der Waals surface area contributed by atoms with Crippen LogP contribution in [0.25, 0.3) is 0 Å². The van der Waals surface area contributed by atoms with Crippen LogP contribution in [0.4, 0.5) is 0 Å². The SMILES string of the molecule is CCC[C@H]1CN(CC(=O)c2cc(C(C)(C)C)c(O)c(C(C)(C)C)c2)C(=NBr)[C@@H]1c1ccc(S(=O)(=O)NC)cc1. The van der Waals surface area contributed by atoms with Crippen LogP contribution < -0.4 is 4.72 Å². The third-order valence-corrected chi connectivity index (χ3v) is 9.27. The van der Waals surface area contributed by atoms with Gasteiger partial charge in [-0.25, -0.2) is 13.1 Å². The number of likely N-dealkylation sites (tertiary alicyclic amines) is 1. The van der Waals surface area contributed by atoms with Gasteiger partial charge < -0.3 is 10.0 Å². The monoisotopic (exact) mass is 619 g/mol. The zero-order valence-corrected chi connectivity index (χ0v) is 26.7. The number of amidine groups is 1. The topological polar surface area (TPSA) is 99.1 Å². The lowest BCUT2D eigenvalue weighted by atomic mass is 9.78. The molecule has 0 aromatic heterocycles. The molecule has 0 aliphatic carbocycles. The van der Waals surface area contributed by atoms with Gasteiger partial charge in [0, 0.05) is 29.2 Å². The van der Waals surface area contributed by atoms with E-state index >= 15 is 0 Å². The first-order chi connectivity index (χ1) is 18.0. The van der Waals surface area contributed by atoms with E-state index in [1.54, 1.807) is 12.1 Å². The molecule has 2 aromatic carbocycles. The summed E-state index contributed by atoms with van der Waals surface area (Å²) in [6.45, 7) is 15.2. The number of Topliss-reactive ketones (excluding diaryl/α,β-unsaturated/α-hetero) is 1. The number of halogens is 1. The highest BCUT2D eigenvalue weighted by Gasteiger charge is 2.40. The maximum Gasteiger partial charge on any atom is 0.240 e. The zero-order chi connectivity index (χ0) is 29.3. The molecule has 1 fully saturated rings. The van der Waals surface area contributed by atoms with E-state index in [1.807, 2.05) is 70.7 Å². The molecule has 3 rings (SSSR count). The Morgan fingerprint density at radius 2 is 1.62 bits per heavy atom. The molecule has 1 aliphatic heterocycles. The normalized spacial score (nSPS) is 19.6. The molecule has 214 valence electrons. The lowest BCUT2D eigenvalue weighted by Crippen LogP contribution is -2.32. The Morgan fingerprint density at radius 1 is 1.08 bits per heavy atom. The number of sulfonamides is 1. The Bertz CT molecular complexity index is 1300. The number of carbonyl (C=O) groups excluding carboxylic acids is 1. The van der Waals surface area contributed by atoms with Gasteiger partial charge in [0.2, 0.25) is 10.0 Å². The van der Waals surface area contributed by atoms with Crippen LogP contribution in [-0.4, -0.2) is 50.2 Å². The smallest absolute Gasteiger partial charge is 0.240 e. The van der Waals surface area contributed by atoms with Crippen molar-refractivity contribution in [2.75, 3.05) is 20.1 Å². The number of hydrogen-bond acceptors (Lipinski definition) is 5. The minimum absolute atomic E-state index is 0.0361. The summed E-state index contributed by atoms with van der Waals surface area (Å²) in [5, 5.41) is 11.1. The average molecular weight is 621 g/mol. The summed E-state index contributed by atoms with van der Waals surface area (Å²) in [5.41, 5.74) is 2.39. The summed E-state index contributed by atoms with van der Waals surface area (Å²) >= 11 is 3.32. The lowest BCUT2D eigenvalue weighted by molar-refractivity contribution is 0.0963. The third-order valence-electron chi connectivity index (χ3n) is 7.48. The summed E-state index contributed by atoms with van der Waals surface area (Å²) in [7, 11) is -2.14. The molecule has 0 unspecified atom stereocenters. The Balaban J connectivity index is 1.98. The number of phenols is 1. The van der Waals surface area contributed by atoms with E-state index in [4.69, 9.17) is 0 Å². The number of nitrogens with zero attached hydrogens (tertiary/aromatic N) is 2. The number of phenolic OH excluding ortho intramolecular Hbond substituents is 1. The predicted molar refractivity (Wildman–Crippen MR) is 162 cm³/mol. The predicted octanol–water partition coefficient (Wildman–Crippen LogP) is 6.30. The van der Waals surface area contributed by atoms with Gasteiger partial charge in [-0.05, 0) is 60.0 Å². The Kier molecular flexibility index (Phi) is 9.40. The fourth-order valence-electron chi connectivity index (χ4n) is 5.37. The molecule has 7 nitrogen and oxygen atoms in total. The third kappa shape index (κ3) is 6.74. The van der Waals surface area contributed by atoms with E-state index in [9.17, 15) is 18.3 Å². The van der Waals surface area contributed by atoms with Gasteiger partial charge in [-0.3, -0.25) is 4.79 Å². The van der Waals surface area contributed by atoms with Gasteiger partial charge in [-0.2, -0.15) is 4.02 Å². The van der Waals surface area contributed by atoms with E-state index in [0.29, 0.717) is 12.1 Å². The summed E-state index contributed by atoms with van der Waals surface area (Å²) in [4.78, 5) is 16.0. The van der Waals surface area contributed by atoms with Crippen molar-refractivity contribution in [3.05, 3.63) is 58.7 Å². The van der Waals surface area contributed by atoms with Crippen molar-refractivity contribution >= 4 is 37.8 Å². The highest BCUT2D eigenvalue weighted by atomic mass is 79.9. The number of benzene rings is 2. The van der Waals surface area contributed by atoms with Gasteiger partial charge >= 0.3 is 0 Å². The van der Waals surface area contributed by atoms with Gasteiger partial charge in [-0.1, -0.05) is 67.0 Å². The number of hydrogen-bond donors (Lipinski definition) is 2. The van der Waals surface area contributed by atoms with Gasteiger partial charge in [0.05, 0.1) is 27.6 Å². The Morgan fingerprint density at radius 3 is 2.05 bits per heavy atom. The molecule has 1 saturated heterocycles. The van der Waals surface area contributed by atoms with Crippen molar-refractivity contribution in [3.8, 4) is 5.75 Å². The van der Waals surface area contributed by atoms with E-state index in [-0.39, 0.29) is 45.6 Å². The fraction of sp³-hybridized carbons (Fsp3) is 0.533. The summed E-state index contributed by atoms with van der Waals surface area (Å²) in [6, 6.07) is 10.6. The van der Waals surface area contributed by atoms with Gasteiger partial charge in [0.1, 0.15) is 11.6 Å². The molecule has 0 bridgehead atoms. The van der Waals surface area contributed by atoms with Crippen molar-refractivity contribution in [3.63, 3.8) is 0 Å². The second kappa shape index (κ2) is 11.7. The Hall–Kier alpha value is -2.23. The zero-order valence-electron chi connectivity index (χ0n) is 24.3. The number of ketones is 1. The van der Waals surface area contributed by atoms with Crippen molar-refractivity contribution in [1.82, 2.24) is 9.62 Å². The van der Waals surface area contributed by atoms with E-state index in [1.165, 1.54) is 7.05 Å². The van der Waals surface area contributed by atoms with Crippen molar-refractivity contribution < 1.29 is 18.3 Å². The van der Waals surface area contributed by atoms with Crippen LogP contribution in [0.3, 0.4) is 0 Å². The molecule has 1 heterocycles. The number of aromatic hydroxyl groups is 1. The molecule has 0 radical (unpaired) electrons. The van der Waals surface area contributed by atoms with Crippen LogP contribution in [0.5, 0.6) is 5.75 Å². The Labute approximate surface area is 242 Å². The molecule has 2 atom stereocenters. The van der Waals surface area contributed by atoms with E-state index < -0.39 is 10.0 Å². The second-order valence-corrected chi connectivity index (χ2v) is 14.7. The van der Waals surface area contributed by atoms with Crippen LogP contribution in [0.2, 0.25) is 0 Å². The van der Waals surface area contributed by atoms with E-state index in [2.05, 4.69) is 31.8 Å². The minimum atomic E-state index is -3.53. The highest BCUT2D eigenvalue weighted by molar-refractivity contribution is 9.08. The van der Waals surface area contributed by atoms with Crippen LogP contribution >= 0.6 is 16.1 Å². The van der Waals surface area contributed by atoms with Crippen molar-refractivity contribution in [2.24, 2.45) is 9.94 Å². The molecule has 0 amide bonds. The molecule has 9 heteroatoms. The van der Waals surface area contributed by atoms with Crippen molar-refractivity contribution in [2.45, 2.75) is 83.0 Å². The second-order valence-electron chi connectivity index (χ2n) is 12.5. The van der Waals surface area contributed by atoms with Gasteiger partial charge in [0.25, 0.3) is 0 Å². The molecule has 2 N–H and O–H groups in total. The van der Waals surface area contributed by atoms with Crippen LogP contribution in [0.15, 0.2) is 45.3 Å². The van der Waals surface area contributed by atoms with Gasteiger partial charge in [-0.15, -0.1) is 0 Å². The highest BCUT2D eigenvalue weighted by Crippen LogP contribution is 2.41. The fourth-order valence-corrected chi connectivity index (χ4v) is 6.54. The van der Waals surface area contributed by atoms with Crippen molar-refractivity contribution in [1.29, 1.82) is 0 Å². The lowest BCUT2D eigenvalue weighted by Gasteiger charge is -2.28. The molecular formula is C30H42BrN3O4S. The summed E-state index contributed by atoms with van der Waals surface area (Å²) in [6.07, 6.45) is 1.92. The molecule has 0 saturated carbocycles. The number of nitrogens with one attached hydrogen (secondary N) is 1. The average Bonchev–Trinajstić information content (AvgIpc) is 3.19. The molecule has 1 aliphatic rings. The first-order valence-corrected chi connectivity index (χ1v) is 15.6. The molecule has 0 spiro atoms. The first-order valence-electron chi connectivity index (χ1n) is 13.4. The largest absolute Gasteiger partial charge is 0.507 e. The molecular weight excluding hydrogens is 578 g/mol. The van der Waals surface area contributed by atoms with Crippen LogP contribution in [-0.2, 0) is 20.9 Å². The van der Waals surface area contributed by atoms with Gasteiger partial charge in [0.15, 0.2) is 5.78 Å². The quantitative estimate of drug-likeness (QED) is 0.338. The number of rotatable bonds is 8.